The predicted molar refractivity (Wildman–Crippen MR) is 81.9 cm³/mol. The van der Waals surface area contributed by atoms with Crippen LogP contribution in [0.5, 0.6) is 0 Å². The van der Waals surface area contributed by atoms with Crippen LogP contribution in [0.15, 0.2) is 30.7 Å². The van der Waals surface area contributed by atoms with E-state index in [4.69, 9.17) is 0 Å². The van der Waals surface area contributed by atoms with Crippen LogP contribution in [-0.4, -0.2) is 36.8 Å². The van der Waals surface area contributed by atoms with E-state index in [-0.39, 0.29) is 12.5 Å². The van der Waals surface area contributed by atoms with Gasteiger partial charge in [-0.2, -0.15) is 23.4 Å². The summed E-state index contributed by atoms with van der Waals surface area (Å²) in [4.78, 5) is 16.3. The first-order valence-corrected chi connectivity index (χ1v) is 7.54. The van der Waals surface area contributed by atoms with Gasteiger partial charge < -0.3 is 5.32 Å². The Morgan fingerprint density at radius 2 is 2.16 bits per heavy atom. The highest BCUT2D eigenvalue weighted by Gasteiger charge is 2.34. The Labute approximate surface area is 140 Å². The summed E-state index contributed by atoms with van der Waals surface area (Å²) in [5.41, 5.74) is 0.296. The minimum atomic E-state index is -4.46. The Morgan fingerprint density at radius 3 is 2.88 bits per heavy atom. The Bertz CT molecular complexity index is 898. The van der Waals surface area contributed by atoms with Crippen molar-refractivity contribution in [2.45, 2.75) is 26.1 Å². The third-order valence-electron chi connectivity index (χ3n) is 3.63. The molecule has 10 heteroatoms. The summed E-state index contributed by atoms with van der Waals surface area (Å²) in [6.07, 6.45) is 0.647. The summed E-state index contributed by atoms with van der Waals surface area (Å²) in [7, 11) is 0. The molecule has 0 radical (unpaired) electrons. The smallest absolute Gasteiger partial charge is 0.352 e. The van der Waals surface area contributed by atoms with Gasteiger partial charge in [0.15, 0.2) is 11.3 Å². The molecule has 132 valence electrons. The van der Waals surface area contributed by atoms with E-state index in [1.54, 1.807) is 25.4 Å². The predicted octanol–water partition coefficient (Wildman–Crippen LogP) is 2.07. The number of hydrogen-bond acceptors (Lipinski definition) is 4. The molecular weight excluding hydrogens is 337 g/mol. The lowest BCUT2D eigenvalue weighted by Gasteiger charge is -2.06. The number of fused-ring (bicyclic) bond motifs is 1. The molecular formula is C15H15F3N6O. The number of rotatable bonds is 5. The van der Waals surface area contributed by atoms with Gasteiger partial charge in [-0.1, -0.05) is 0 Å². The van der Waals surface area contributed by atoms with Gasteiger partial charge in [-0.25, -0.2) is 9.50 Å². The summed E-state index contributed by atoms with van der Waals surface area (Å²) in [5.74, 6) is -0.332. The lowest BCUT2D eigenvalue weighted by atomic mass is 10.3. The molecule has 1 amide bonds. The second-order valence-electron chi connectivity index (χ2n) is 5.45. The number of aryl methyl sites for hydroxylation is 2. The van der Waals surface area contributed by atoms with Crippen LogP contribution >= 0.6 is 0 Å². The first-order valence-electron chi connectivity index (χ1n) is 7.54. The largest absolute Gasteiger partial charge is 0.435 e. The molecule has 0 fully saturated rings. The second kappa shape index (κ2) is 6.54. The topological polar surface area (TPSA) is 77.1 Å². The minimum Gasteiger partial charge on any atom is -0.352 e. The zero-order valence-electron chi connectivity index (χ0n) is 13.3. The van der Waals surface area contributed by atoms with Crippen molar-refractivity contribution in [2.24, 2.45) is 0 Å². The van der Waals surface area contributed by atoms with Crippen LogP contribution in [-0.2, 0) is 12.7 Å². The van der Waals surface area contributed by atoms with Gasteiger partial charge in [-0.15, -0.1) is 0 Å². The molecule has 0 saturated carbocycles. The molecule has 0 saturated heterocycles. The zero-order valence-corrected chi connectivity index (χ0v) is 13.3. The molecule has 3 rings (SSSR count). The molecule has 25 heavy (non-hydrogen) atoms. The first kappa shape index (κ1) is 16.9. The highest BCUT2D eigenvalue weighted by Crippen LogP contribution is 2.28. The van der Waals surface area contributed by atoms with E-state index in [0.29, 0.717) is 29.9 Å². The van der Waals surface area contributed by atoms with E-state index in [0.717, 1.165) is 6.07 Å². The first-order chi connectivity index (χ1) is 11.9. The molecule has 3 heterocycles. The molecule has 0 aromatic carbocycles. The van der Waals surface area contributed by atoms with Gasteiger partial charge in [0.25, 0.3) is 5.91 Å². The van der Waals surface area contributed by atoms with E-state index >= 15 is 0 Å². The quantitative estimate of drug-likeness (QED) is 0.713. The monoisotopic (exact) mass is 352 g/mol. The van der Waals surface area contributed by atoms with Crippen molar-refractivity contribution in [2.75, 3.05) is 6.54 Å². The molecule has 1 N–H and O–H groups in total. The molecule has 0 aliphatic rings. The number of carbonyl (C=O) groups excluding carboxylic acids is 1. The van der Waals surface area contributed by atoms with Crippen LogP contribution in [0, 0.1) is 6.92 Å². The van der Waals surface area contributed by atoms with E-state index in [1.807, 2.05) is 0 Å². The van der Waals surface area contributed by atoms with Crippen LogP contribution in [0.1, 0.15) is 28.2 Å². The van der Waals surface area contributed by atoms with E-state index in [9.17, 15) is 18.0 Å². The maximum atomic E-state index is 12.6. The van der Waals surface area contributed by atoms with Crippen molar-refractivity contribution in [3.05, 3.63) is 47.7 Å². The lowest BCUT2D eigenvalue weighted by Crippen LogP contribution is -2.25. The Kier molecular flexibility index (Phi) is 4.43. The van der Waals surface area contributed by atoms with Crippen molar-refractivity contribution in [1.29, 1.82) is 0 Å². The van der Waals surface area contributed by atoms with Crippen LogP contribution in [0.3, 0.4) is 0 Å². The molecule has 0 aliphatic heterocycles. The van der Waals surface area contributed by atoms with Crippen LogP contribution in [0.25, 0.3) is 5.65 Å². The van der Waals surface area contributed by atoms with Gasteiger partial charge in [0.2, 0.25) is 0 Å². The fourth-order valence-corrected chi connectivity index (χ4v) is 2.39. The highest BCUT2D eigenvalue weighted by molar-refractivity contribution is 5.99. The van der Waals surface area contributed by atoms with Gasteiger partial charge in [0, 0.05) is 31.2 Å². The van der Waals surface area contributed by atoms with Gasteiger partial charge in [-0.3, -0.25) is 9.48 Å². The summed E-state index contributed by atoms with van der Waals surface area (Å²) in [5, 5.41) is 10.3. The Hall–Kier alpha value is -2.91. The average Bonchev–Trinajstić information content (AvgIpc) is 3.15. The zero-order chi connectivity index (χ0) is 18.0. The van der Waals surface area contributed by atoms with Crippen molar-refractivity contribution < 1.29 is 18.0 Å². The number of amides is 1. The second-order valence-corrected chi connectivity index (χ2v) is 5.45. The van der Waals surface area contributed by atoms with Gasteiger partial charge in [0.1, 0.15) is 5.56 Å². The SMILES string of the molecule is Cc1cc(C(F)(F)F)nn1CCCNC(=O)c1cnn2cccnc12. The van der Waals surface area contributed by atoms with E-state index < -0.39 is 11.9 Å². The van der Waals surface area contributed by atoms with E-state index in [2.05, 4.69) is 20.5 Å². The van der Waals surface area contributed by atoms with E-state index in [1.165, 1.54) is 15.4 Å². The third kappa shape index (κ3) is 3.62. The lowest BCUT2D eigenvalue weighted by molar-refractivity contribution is -0.141. The summed E-state index contributed by atoms with van der Waals surface area (Å²) < 4.78 is 40.6. The number of nitrogens with one attached hydrogen (secondary N) is 1. The summed E-state index contributed by atoms with van der Waals surface area (Å²) in [6.45, 7) is 2.13. The van der Waals surface area contributed by atoms with Crippen molar-refractivity contribution in [3.8, 4) is 0 Å². The van der Waals surface area contributed by atoms with Crippen LogP contribution in [0.2, 0.25) is 0 Å². The number of aromatic nitrogens is 5. The number of carbonyl (C=O) groups is 1. The fraction of sp³-hybridized carbons (Fsp3) is 0.333. The molecule has 0 aliphatic carbocycles. The molecule has 3 aromatic heterocycles. The summed E-state index contributed by atoms with van der Waals surface area (Å²) in [6, 6.07) is 2.70. The third-order valence-corrected chi connectivity index (χ3v) is 3.63. The number of alkyl halides is 3. The fourth-order valence-electron chi connectivity index (χ4n) is 2.39. The maximum Gasteiger partial charge on any atom is 0.435 e. The molecule has 0 atom stereocenters. The Balaban J connectivity index is 1.55. The van der Waals surface area contributed by atoms with Gasteiger partial charge in [-0.05, 0) is 25.5 Å². The molecule has 0 spiro atoms. The van der Waals surface area contributed by atoms with Gasteiger partial charge >= 0.3 is 6.18 Å². The maximum absolute atomic E-state index is 12.6. The number of nitrogens with zero attached hydrogens (tertiary/aromatic N) is 5. The van der Waals surface area contributed by atoms with Crippen LogP contribution in [0.4, 0.5) is 13.2 Å². The molecule has 7 nitrogen and oxygen atoms in total. The number of hydrogen-bond donors (Lipinski definition) is 1. The van der Waals surface area contributed by atoms with Crippen molar-refractivity contribution in [3.63, 3.8) is 0 Å². The summed E-state index contributed by atoms with van der Waals surface area (Å²) >= 11 is 0. The van der Waals surface area contributed by atoms with Gasteiger partial charge in [0.05, 0.1) is 6.20 Å². The molecule has 0 unspecified atom stereocenters. The van der Waals surface area contributed by atoms with Crippen molar-refractivity contribution >= 4 is 11.6 Å². The highest BCUT2D eigenvalue weighted by atomic mass is 19.4. The minimum absolute atomic E-state index is 0.273. The normalized spacial score (nSPS) is 11.8. The molecule has 3 aromatic rings. The average molecular weight is 352 g/mol. The van der Waals surface area contributed by atoms with Crippen molar-refractivity contribution in [1.82, 2.24) is 29.7 Å². The molecule has 0 bridgehead atoms. The Morgan fingerprint density at radius 1 is 1.36 bits per heavy atom. The standard InChI is InChI=1S/C15H15F3N6O/c1-10-8-12(15(16,17)18)22-23(10)6-3-5-20-14(25)11-9-21-24-7-2-4-19-13(11)24/h2,4,7-9H,3,5-6H2,1H3,(H,20,25). The number of halogens is 3. The van der Waals surface area contributed by atoms with Crippen LogP contribution < -0.4 is 5.32 Å².